The molecule has 314 valence electrons. The second-order valence-electron chi connectivity index (χ2n) is 17.7. The van der Waals surface area contributed by atoms with E-state index in [1.807, 2.05) is 0 Å². The Labute approximate surface area is 391 Å². The molecule has 0 aliphatic heterocycles. The molecule has 0 bridgehead atoms. The molecule has 0 N–H and O–H groups in total. The molecule has 0 radical (unpaired) electrons. The van der Waals surface area contributed by atoms with Gasteiger partial charge in [-0.05, 0) is 100 Å². The summed E-state index contributed by atoms with van der Waals surface area (Å²) in [5.74, 6) is 1.88. The summed E-state index contributed by atoms with van der Waals surface area (Å²) in [6.07, 6.45) is 0. The van der Waals surface area contributed by atoms with Crippen LogP contribution in [0, 0.1) is 0 Å². The minimum Gasteiger partial charge on any atom is -0.247 e. The van der Waals surface area contributed by atoms with Crippen molar-refractivity contribution < 1.29 is 0 Å². The van der Waals surface area contributed by atoms with E-state index >= 15 is 0 Å². The van der Waals surface area contributed by atoms with Gasteiger partial charge in [-0.3, -0.25) is 0 Å². The van der Waals surface area contributed by atoms with E-state index in [4.69, 9.17) is 19.9 Å². The van der Waals surface area contributed by atoms with Gasteiger partial charge in [0.15, 0.2) is 17.5 Å². The fraction of sp³-hybridized carbons (Fsp3) is 0. The fourth-order valence-corrected chi connectivity index (χ4v) is 10.7. The summed E-state index contributed by atoms with van der Waals surface area (Å²) in [5, 5.41) is 17.7. The molecule has 2 aromatic heterocycles. The summed E-state index contributed by atoms with van der Waals surface area (Å²) in [5.41, 5.74) is 8.04. The van der Waals surface area contributed by atoms with Gasteiger partial charge in [0.05, 0.1) is 11.2 Å². The highest BCUT2D eigenvalue weighted by Gasteiger charge is 2.20. The molecule has 0 aliphatic rings. The first kappa shape index (κ1) is 38.2. The summed E-state index contributed by atoms with van der Waals surface area (Å²) >= 11 is 0. The Morgan fingerprint density at radius 2 is 0.632 bits per heavy atom. The summed E-state index contributed by atoms with van der Waals surface area (Å²) in [6.45, 7) is 0. The number of para-hydroxylation sites is 1. The van der Waals surface area contributed by atoms with Crippen LogP contribution in [0.5, 0.6) is 0 Å². The highest BCUT2D eigenvalue weighted by atomic mass is 15.0. The van der Waals surface area contributed by atoms with E-state index in [0.29, 0.717) is 17.5 Å². The quantitative estimate of drug-likeness (QED) is 0.162. The lowest BCUT2D eigenvalue weighted by molar-refractivity contribution is 1.08. The zero-order chi connectivity index (χ0) is 44.7. The molecule has 4 nitrogen and oxygen atoms in total. The maximum atomic E-state index is 5.40. The van der Waals surface area contributed by atoms with Crippen LogP contribution in [0.15, 0.2) is 231 Å². The van der Waals surface area contributed by atoms with Crippen LogP contribution in [0.2, 0.25) is 0 Å². The lowest BCUT2D eigenvalue weighted by atomic mass is 9.89. The maximum Gasteiger partial charge on any atom is 0.164 e. The van der Waals surface area contributed by atoms with Gasteiger partial charge in [-0.1, -0.05) is 206 Å². The Morgan fingerprint density at radius 3 is 1.21 bits per heavy atom. The van der Waals surface area contributed by atoms with Crippen LogP contribution in [-0.2, 0) is 0 Å². The van der Waals surface area contributed by atoms with Crippen molar-refractivity contribution in [3.8, 4) is 56.5 Å². The molecule has 0 atom stereocenters. The number of nitrogens with zero attached hydrogens (tertiary/aromatic N) is 4. The Bertz CT molecular complexity index is 4250. The number of aromatic nitrogens is 4. The van der Waals surface area contributed by atoms with Gasteiger partial charge < -0.3 is 0 Å². The van der Waals surface area contributed by atoms with Crippen LogP contribution in [0.25, 0.3) is 143 Å². The molecule has 4 heteroatoms. The fourth-order valence-electron chi connectivity index (χ4n) is 10.7. The minimum atomic E-state index is 0.615. The van der Waals surface area contributed by atoms with Crippen LogP contribution in [0.4, 0.5) is 0 Å². The Balaban J connectivity index is 0.943. The van der Waals surface area contributed by atoms with Gasteiger partial charge in [0.25, 0.3) is 0 Å². The van der Waals surface area contributed by atoms with E-state index in [1.165, 1.54) is 53.9 Å². The Morgan fingerprint density at radius 1 is 0.221 bits per heavy atom. The third-order valence-electron chi connectivity index (χ3n) is 13.8. The van der Waals surface area contributed by atoms with Crippen LogP contribution < -0.4 is 0 Å². The molecule has 0 spiro atoms. The van der Waals surface area contributed by atoms with E-state index < -0.39 is 0 Å². The van der Waals surface area contributed by atoms with Gasteiger partial charge in [-0.2, -0.15) is 0 Å². The molecule has 68 heavy (non-hydrogen) atoms. The second kappa shape index (κ2) is 15.2. The number of hydrogen-bond donors (Lipinski definition) is 0. The average molecular weight is 863 g/mol. The van der Waals surface area contributed by atoms with E-state index in [2.05, 4.69) is 231 Å². The van der Waals surface area contributed by atoms with Gasteiger partial charge in [-0.15, -0.1) is 0 Å². The SMILES string of the molecule is c1cc(-c2ccc(-c3nc4ccccc4c4c5ccccc5c5ccccc5c34)cc2)cc(-c2nc(-c3cc4ccccc4c4ccccc34)nc(-c3cc4ccccc4c4ccccc34)n2)c1. The lowest BCUT2D eigenvalue weighted by Gasteiger charge is -2.16. The third-order valence-corrected chi connectivity index (χ3v) is 13.8. The van der Waals surface area contributed by atoms with Gasteiger partial charge in [0, 0.05) is 38.4 Å². The molecule has 12 aromatic carbocycles. The first-order valence-electron chi connectivity index (χ1n) is 23.1. The lowest BCUT2D eigenvalue weighted by Crippen LogP contribution is -2.01. The molecule has 2 heterocycles. The molecule has 0 saturated heterocycles. The van der Waals surface area contributed by atoms with Crippen molar-refractivity contribution in [2.45, 2.75) is 0 Å². The van der Waals surface area contributed by atoms with Gasteiger partial charge in [-0.25, -0.2) is 19.9 Å². The van der Waals surface area contributed by atoms with Crippen LogP contribution in [0.1, 0.15) is 0 Å². The van der Waals surface area contributed by atoms with Gasteiger partial charge in [0.2, 0.25) is 0 Å². The van der Waals surface area contributed by atoms with Crippen LogP contribution in [0.3, 0.4) is 0 Å². The summed E-state index contributed by atoms with van der Waals surface area (Å²) in [6, 6.07) is 82.2. The number of fused-ring (bicyclic) bond motifs is 14. The Hall–Kier alpha value is -9.12. The topological polar surface area (TPSA) is 51.6 Å². The number of rotatable bonds is 5. The Kier molecular flexibility index (Phi) is 8.55. The van der Waals surface area contributed by atoms with E-state index in [9.17, 15) is 0 Å². The van der Waals surface area contributed by atoms with Crippen LogP contribution in [-0.4, -0.2) is 19.9 Å². The average Bonchev–Trinajstić information content (AvgIpc) is 3.42. The van der Waals surface area contributed by atoms with Crippen molar-refractivity contribution in [2.75, 3.05) is 0 Å². The molecular formula is C64H38N4. The number of benzene rings is 12. The van der Waals surface area contributed by atoms with Gasteiger partial charge >= 0.3 is 0 Å². The highest BCUT2D eigenvalue weighted by molar-refractivity contribution is 6.33. The van der Waals surface area contributed by atoms with E-state index in [0.717, 1.165) is 71.5 Å². The largest absolute Gasteiger partial charge is 0.247 e. The monoisotopic (exact) mass is 862 g/mol. The zero-order valence-electron chi connectivity index (χ0n) is 36.7. The third kappa shape index (κ3) is 6.01. The molecule has 0 unspecified atom stereocenters. The molecule has 0 aliphatic carbocycles. The van der Waals surface area contributed by atoms with Crippen molar-refractivity contribution >= 4 is 86.3 Å². The zero-order valence-corrected chi connectivity index (χ0v) is 36.7. The molecule has 0 saturated carbocycles. The number of pyridine rings is 1. The van der Waals surface area contributed by atoms with Crippen molar-refractivity contribution in [2.24, 2.45) is 0 Å². The first-order chi connectivity index (χ1) is 33.7. The van der Waals surface area contributed by atoms with E-state index in [-0.39, 0.29) is 0 Å². The summed E-state index contributed by atoms with van der Waals surface area (Å²) in [4.78, 5) is 21.5. The smallest absolute Gasteiger partial charge is 0.164 e. The second-order valence-corrected chi connectivity index (χ2v) is 17.7. The van der Waals surface area contributed by atoms with Crippen LogP contribution >= 0.6 is 0 Å². The van der Waals surface area contributed by atoms with E-state index in [1.54, 1.807) is 0 Å². The van der Waals surface area contributed by atoms with Crippen molar-refractivity contribution in [3.05, 3.63) is 231 Å². The minimum absolute atomic E-state index is 0.615. The van der Waals surface area contributed by atoms with Crippen molar-refractivity contribution in [3.63, 3.8) is 0 Å². The highest BCUT2D eigenvalue weighted by Crippen LogP contribution is 2.44. The van der Waals surface area contributed by atoms with Crippen molar-refractivity contribution in [1.29, 1.82) is 0 Å². The van der Waals surface area contributed by atoms with Gasteiger partial charge in [0.1, 0.15) is 0 Å². The molecular weight excluding hydrogens is 825 g/mol. The predicted molar refractivity (Wildman–Crippen MR) is 285 cm³/mol. The van der Waals surface area contributed by atoms with Crippen molar-refractivity contribution in [1.82, 2.24) is 19.9 Å². The molecule has 0 amide bonds. The molecule has 0 fully saturated rings. The number of hydrogen-bond acceptors (Lipinski definition) is 4. The standard InChI is InChI=1S/C64H38N4/c1-3-20-45-42(16-1)37-56(51-26-7-5-22-47(45)51)63-66-62(67-64(68-63)57-38-43-17-2-4-21-46(43)48-23-6-8-27-52(48)57)44-19-15-18-41(36-44)39-32-34-40(35-33-39)61-60-54-29-12-10-25-50(54)49-24-9-11-28-53(49)59(60)55-30-13-14-31-58(55)65-61/h1-38H. The molecule has 14 aromatic rings. The normalized spacial score (nSPS) is 11.8. The maximum absolute atomic E-state index is 5.40. The predicted octanol–water partition coefficient (Wildman–Crippen LogP) is 16.8. The first-order valence-corrected chi connectivity index (χ1v) is 23.1. The summed E-state index contributed by atoms with van der Waals surface area (Å²) in [7, 11) is 0. The summed E-state index contributed by atoms with van der Waals surface area (Å²) < 4.78 is 0. The molecule has 14 rings (SSSR count).